The van der Waals surface area contributed by atoms with Gasteiger partial charge in [0.2, 0.25) is 0 Å². The van der Waals surface area contributed by atoms with E-state index in [1.54, 1.807) is 0 Å². The third-order valence-electron chi connectivity index (χ3n) is 5.44. The Morgan fingerprint density at radius 3 is 2.46 bits per heavy atom. The maximum atomic E-state index is 9.99. The van der Waals surface area contributed by atoms with Crippen LogP contribution in [0.3, 0.4) is 0 Å². The highest BCUT2D eigenvalue weighted by molar-refractivity contribution is 5.59. The average Bonchev–Trinajstić information content (AvgIpc) is 2.68. The van der Waals surface area contributed by atoms with E-state index in [1.807, 2.05) is 36.4 Å². The van der Waals surface area contributed by atoms with Crippen LogP contribution in [0.15, 0.2) is 53.3 Å². The van der Waals surface area contributed by atoms with E-state index in [0.717, 1.165) is 30.6 Å². The number of benzene rings is 1. The second-order valence-electron chi connectivity index (χ2n) is 6.85. The summed E-state index contributed by atoms with van der Waals surface area (Å²) in [6, 6.07) is 16.1. The number of nitrogens with zero attached hydrogens (tertiary/aromatic N) is 4. The van der Waals surface area contributed by atoms with Crippen LogP contribution < -0.4 is 5.73 Å². The zero-order valence-electron chi connectivity index (χ0n) is 14.8. The molecular weight excluding hydrogens is 322 g/mol. The Balaban J connectivity index is 2.26. The topological polar surface area (TPSA) is 101 Å². The minimum atomic E-state index is -1.54. The van der Waals surface area contributed by atoms with Crippen molar-refractivity contribution in [2.24, 2.45) is 17.1 Å². The van der Waals surface area contributed by atoms with E-state index >= 15 is 0 Å². The van der Waals surface area contributed by atoms with Gasteiger partial charge in [0.15, 0.2) is 5.41 Å². The molecule has 2 aliphatic rings. The molecule has 0 spiro atoms. The summed E-state index contributed by atoms with van der Waals surface area (Å²) in [6.45, 7) is 4.53. The van der Waals surface area contributed by atoms with Crippen molar-refractivity contribution in [3.05, 3.63) is 58.8 Å². The van der Waals surface area contributed by atoms with Crippen molar-refractivity contribution >= 4 is 0 Å². The molecule has 0 unspecified atom stereocenters. The first-order valence-corrected chi connectivity index (χ1v) is 8.83. The van der Waals surface area contributed by atoms with Crippen molar-refractivity contribution < 1.29 is 0 Å². The zero-order valence-corrected chi connectivity index (χ0v) is 14.8. The highest BCUT2D eigenvalue weighted by atomic mass is 15.1. The lowest BCUT2D eigenvalue weighted by Crippen LogP contribution is -2.48. The fourth-order valence-corrected chi connectivity index (χ4v) is 4.28. The number of nitriles is 3. The molecule has 3 rings (SSSR count). The third kappa shape index (κ3) is 2.57. The number of hydrogen-bond acceptors (Lipinski definition) is 5. The van der Waals surface area contributed by atoms with Crippen LogP contribution in [0.25, 0.3) is 0 Å². The fourth-order valence-electron chi connectivity index (χ4n) is 4.28. The van der Waals surface area contributed by atoms with Gasteiger partial charge in [-0.15, -0.1) is 0 Å². The van der Waals surface area contributed by atoms with Crippen molar-refractivity contribution in [3.63, 3.8) is 0 Å². The molecule has 130 valence electrons. The largest absolute Gasteiger partial charge is 0.399 e. The Morgan fingerprint density at radius 1 is 1.19 bits per heavy atom. The van der Waals surface area contributed by atoms with Crippen molar-refractivity contribution in [2.45, 2.75) is 19.3 Å². The summed E-state index contributed by atoms with van der Waals surface area (Å²) >= 11 is 0. The molecule has 5 nitrogen and oxygen atoms in total. The van der Waals surface area contributed by atoms with Gasteiger partial charge >= 0.3 is 0 Å². The van der Waals surface area contributed by atoms with E-state index in [1.165, 1.54) is 0 Å². The molecule has 0 saturated carbocycles. The second-order valence-corrected chi connectivity index (χ2v) is 6.85. The molecule has 0 radical (unpaired) electrons. The molecule has 2 atom stereocenters. The van der Waals surface area contributed by atoms with Gasteiger partial charge in [-0.05, 0) is 24.1 Å². The average molecular weight is 343 g/mol. The molecule has 26 heavy (non-hydrogen) atoms. The lowest BCUT2D eigenvalue weighted by atomic mass is 9.58. The summed E-state index contributed by atoms with van der Waals surface area (Å²) < 4.78 is 0. The Hall–Kier alpha value is -3.07. The molecule has 0 fully saturated rings. The minimum absolute atomic E-state index is 0.0882. The summed E-state index contributed by atoms with van der Waals surface area (Å²) in [5.74, 6) is -0.513. The minimum Gasteiger partial charge on any atom is -0.399 e. The van der Waals surface area contributed by atoms with Gasteiger partial charge in [0.25, 0.3) is 0 Å². The standard InChI is InChI=1S/C21H21N5/c1-2-9-26-10-8-16-17(11-22)20(25)21(13-23,14-24)19(18(16)12-26)15-6-4-3-5-7-15/h3-8,18-19H,2,9-10,12,25H2,1H3/t18-,19+/m0/s1. The molecule has 1 aliphatic heterocycles. The van der Waals surface area contributed by atoms with Gasteiger partial charge in [-0.3, -0.25) is 4.90 Å². The molecule has 5 heteroatoms. The summed E-state index contributed by atoms with van der Waals surface area (Å²) in [5, 5.41) is 29.7. The quantitative estimate of drug-likeness (QED) is 0.909. The molecule has 1 aromatic rings. The molecule has 1 heterocycles. The molecule has 0 saturated heterocycles. The number of rotatable bonds is 3. The van der Waals surface area contributed by atoms with E-state index in [-0.39, 0.29) is 11.6 Å². The van der Waals surface area contributed by atoms with Gasteiger partial charge in [-0.1, -0.05) is 43.3 Å². The Labute approximate surface area is 154 Å². The van der Waals surface area contributed by atoms with Crippen LogP contribution in [0.4, 0.5) is 0 Å². The van der Waals surface area contributed by atoms with Gasteiger partial charge in [-0.2, -0.15) is 15.8 Å². The maximum Gasteiger partial charge on any atom is 0.191 e. The van der Waals surface area contributed by atoms with Crippen molar-refractivity contribution in [1.82, 2.24) is 4.90 Å². The second kappa shape index (κ2) is 7.04. The van der Waals surface area contributed by atoms with Gasteiger partial charge in [0, 0.05) is 24.9 Å². The smallest absolute Gasteiger partial charge is 0.191 e. The first-order chi connectivity index (χ1) is 12.6. The van der Waals surface area contributed by atoms with Crippen LogP contribution in [-0.2, 0) is 0 Å². The van der Waals surface area contributed by atoms with Crippen LogP contribution in [0.5, 0.6) is 0 Å². The molecule has 0 aromatic heterocycles. The zero-order chi connectivity index (χ0) is 18.7. The first kappa shape index (κ1) is 17.7. The van der Waals surface area contributed by atoms with Crippen LogP contribution in [0, 0.1) is 45.3 Å². The van der Waals surface area contributed by atoms with E-state index in [9.17, 15) is 15.8 Å². The Bertz CT molecular complexity index is 862. The van der Waals surface area contributed by atoms with E-state index in [0.29, 0.717) is 12.1 Å². The normalized spacial score (nSPS) is 24.6. The summed E-state index contributed by atoms with van der Waals surface area (Å²) in [7, 11) is 0. The van der Waals surface area contributed by atoms with Gasteiger partial charge in [0.1, 0.15) is 6.07 Å². The van der Waals surface area contributed by atoms with Gasteiger partial charge in [0.05, 0.1) is 23.4 Å². The molecule has 1 aliphatic carbocycles. The lowest BCUT2D eigenvalue weighted by Gasteiger charge is -2.45. The van der Waals surface area contributed by atoms with Gasteiger partial charge < -0.3 is 5.73 Å². The Morgan fingerprint density at radius 2 is 1.88 bits per heavy atom. The highest BCUT2D eigenvalue weighted by Gasteiger charge is 2.54. The van der Waals surface area contributed by atoms with Crippen LogP contribution in [0.2, 0.25) is 0 Å². The molecule has 1 aromatic carbocycles. The maximum absolute atomic E-state index is 9.99. The van der Waals surface area contributed by atoms with Crippen molar-refractivity contribution in [3.8, 4) is 18.2 Å². The molecular formula is C21H21N5. The SMILES string of the molecule is CCCN1CC=C2C(C#N)=C(N)C(C#N)(C#N)[C@H](c3ccccc3)[C@H]2C1. The predicted octanol–water partition coefficient (Wildman–Crippen LogP) is 2.82. The first-order valence-electron chi connectivity index (χ1n) is 8.83. The summed E-state index contributed by atoms with van der Waals surface area (Å²) in [6.07, 6.45) is 3.07. The third-order valence-corrected chi connectivity index (χ3v) is 5.44. The number of hydrogen-bond donors (Lipinski definition) is 1. The van der Waals surface area contributed by atoms with E-state index in [4.69, 9.17) is 5.73 Å². The fraction of sp³-hybridized carbons (Fsp3) is 0.381. The predicted molar refractivity (Wildman–Crippen MR) is 98.0 cm³/mol. The number of fused-ring (bicyclic) bond motifs is 1. The van der Waals surface area contributed by atoms with Crippen LogP contribution in [0.1, 0.15) is 24.8 Å². The monoisotopic (exact) mass is 343 g/mol. The Kier molecular flexibility index (Phi) is 4.81. The van der Waals surface area contributed by atoms with Crippen molar-refractivity contribution in [1.29, 1.82) is 15.8 Å². The van der Waals surface area contributed by atoms with Crippen LogP contribution >= 0.6 is 0 Å². The van der Waals surface area contributed by atoms with E-state index < -0.39 is 11.3 Å². The molecule has 0 bridgehead atoms. The summed E-state index contributed by atoms with van der Waals surface area (Å²) in [5.41, 5.74) is 6.92. The number of nitrogens with two attached hydrogens (primary N) is 1. The van der Waals surface area contributed by atoms with E-state index in [2.05, 4.69) is 30.0 Å². The van der Waals surface area contributed by atoms with Gasteiger partial charge in [-0.25, -0.2) is 0 Å². The number of allylic oxidation sites excluding steroid dienone is 2. The van der Waals surface area contributed by atoms with Crippen molar-refractivity contribution in [2.75, 3.05) is 19.6 Å². The molecule has 0 amide bonds. The molecule has 2 N–H and O–H groups in total. The van der Waals surface area contributed by atoms with Crippen LogP contribution in [-0.4, -0.2) is 24.5 Å². The lowest BCUT2D eigenvalue weighted by molar-refractivity contribution is 0.207. The highest BCUT2D eigenvalue weighted by Crippen LogP contribution is 2.54. The summed E-state index contributed by atoms with van der Waals surface area (Å²) in [4.78, 5) is 2.31.